The van der Waals surface area contributed by atoms with Crippen molar-refractivity contribution in [2.45, 2.75) is 32.9 Å². The van der Waals surface area contributed by atoms with Crippen LogP contribution in [0.5, 0.6) is 0 Å². The molecule has 2 rings (SSSR count). The van der Waals surface area contributed by atoms with Gasteiger partial charge < -0.3 is 5.11 Å². The quantitative estimate of drug-likeness (QED) is 0.816. The minimum Gasteiger partial charge on any atom is -0.478 e. The van der Waals surface area contributed by atoms with Gasteiger partial charge in [-0.3, -0.25) is 4.90 Å². The number of carboxylic acid groups (broad SMARTS) is 1. The fourth-order valence-electron chi connectivity index (χ4n) is 2.48. The van der Waals surface area contributed by atoms with Crippen molar-refractivity contribution in [1.29, 1.82) is 0 Å². The van der Waals surface area contributed by atoms with Crippen LogP contribution >= 0.6 is 0 Å². The largest absolute Gasteiger partial charge is 0.478 e. The molecule has 2 aromatic carbocycles. The number of carboxylic acids is 1. The van der Waals surface area contributed by atoms with Gasteiger partial charge in [-0.15, -0.1) is 0 Å². The zero-order valence-electron chi connectivity index (χ0n) is 14.2. The van der Waals surface area contributed by atoms with Crippen LogP contribution in [0.2, 0.25) is 0 Å². The summed E-state index contributed by atoms with van der Waals surface area (Å²) in [4.78, 5) is 13.6. The van der Waals surface area contributed by atoms with Gasteiger partial charge in [-0.2, -0.15) is 0 Å². The predicted octanol–water partition coefficient (Wildman–Crippen LogP) is 4.04. The molecule has 1 N–H and O–H groups in total. The molecule has 0 aromatic heterocycles. The number of hydrogen-bond donors (Lipinski definition) is 1. The average Bonchev–Trinajstić information content (AvgIpc) is 2.61. The first-order chi connectivity index (χ1) is 11.6. The lowest BCUT2D eigenvalue weighted by Gasteiger charge is -2.27. The molecule has 0 saturated carbocycles. The van der Waals surface area contributed by atoms with E-state index in [0.29, 0.717) is 24.7 Å². The van der Waals surface area contributed by atoms with E-state index in [2.05, 4.69) is 30.6 Å². The Hall–Kier alpha value is -2.57. The third-order valence-corrected chi connectivity index (χ3v) is 4.12. The maximum absolute atomic E-state index is 11.4. The lowest BCUT2D eigenvalue weighted by Crippen LogP contribution is -2.33. The van der Waals surface area contributed by atoms with Crippen LogP contribution in [-0.2, 0) is 6.54 Å². The summed E-state index contributed by atoms with van der Waals surface area (Å²) >= 11 is 0. The highest BCUT2D eigenvalue weighted by Gasteiger charge is 2.15. The number of carbonyl (C=O) groups is 1. The molecule has 2 aromatic rings. The molecule has 0 bridgehead atoms. The van der Waals surface area contributed by atoms with Gasteiger partial charge >= 0.3 is 5.97 Å². The Kier molecular flexibility index (Phi) is 6.60. The van der Waals surface area contributed by atoms with Crippen LogP contribution < -0.4 is 0 Å². The second-order valence-corrected chi connectivity index (χ2v) is 5.79. The molecule has 24 heavy (non-hydrogen) atoms. The monoisotopic (exact) mass is 321 g/mol. The summed E-state index contributed by atoms with van der Waals surface area (Å²) in [5.41, 5.74) is 2.18. The van der Waals surface area contributed by atoms with Crippen LogP contribution in [0, 0.1) is 11.8 Å². The molecular weight excluding hydrogens is 298 g/mol. The second-order valence-electron chi connectivity index (χ2n) is 5.79. The Bertz CT molecular complexity index is 728. The van der Waals surface area contributed by atoms with E-state index >= 15 is 0 Å². The van der Waals surface area contributed by atoms with Crippen LogP contribution in [0.25, 0.3) is 0 Å². The van der Waals surface area contributed by atoms with Crippen molar-refractivity contribution in [2.75, 3.05) is 6.54 Å². The van der Waals surface area contributed by atoms with E-state index < -0.39 is 5.97 Å². The first kappa shape index (κ1) is 17.8. The van der Waals surface area contributed by atoms with Crippen molar-refractivity contribution < 1.29 is 9.90 Å². The lowest BCUT2D eigenvalue weighted by molar-refractivity contribution is 0.0694. The average molecular weight is 321 g/mol. The third kappa shape index (κ3) is 4.97. The molecule has 0 aliphatic rings. The number of aromatic carboxylic acids is 1. The first-order valence-electron chi connectivity index (χ1n) is 8.21. The summed E-state index contributed by atoms with van der Waals surface area (Å²) in [5.74, 6) is 5.50. The molecule has 0 aliphatic carbocycles. The number of benzene rings is 2. The Morgan fingerprint density at radius 2 is 1.79 bits per heavy atom. The zero-order chi connectivity index (χ0) is 17.4. The maximum atomic E-state index is 11.4. The van der Waals surface area contributed by atoms with Crippen molar-refractivity contribution in [1.82, 2.24) is 4.90 Å². The van der Waals surface area contributed by atoms with Crippen LogP contribution in [0.4, 0.5) is 0 Å². The third-order valence-electron chi connectivity index (χ3n) is 4.12. The molecule has 0 radical (unpaired) electrons. The highest BCUT2D eigenvalue weighted by Crippen LogP contribution is 2.15. The molecule has 0 spiro atoms. The maximum Gasteiger partial charge on any atom is 0.336 e. The summed E-state index contributed by atoms with van der Waals surface area (Å²) in [7, 11) is 0. The number of nitrogens with zero attached hydrogens (tertiary/aromatic N) is 1. The number of rotatable bonds is 6. The van der Waals surface area contributed by atoms with Gasteiger partial charge in [0.15, 0.2) is 0 Å². The Labute approximate surface area is 143 Å². The van der Waals surface area contributed by atoms with Gasteiger partial charge in [0.25, 0.3) is 0 Å². The highest BCUT2D eigenvalue weighted by molar-refractivity contribution is 5.89. The second kappa shape index (κ2) is 8.90. The topological polar surface area (TPSA) is 40.5 Å². The summed E-state index contributed by atoms with van der Waals surface area (Å²) in [5, 5.41) is 9.35. The molecule has 3 nitrogen and oxygen atoms in total. The van der Waals surface area contributed by atoms with Crippen molar-refractivity contribution in [3.8, 4) is 11.8 Å². The van der Waals surface area contributed by atoms with Crippen LogP contribution in [0.3, 0.4) is 0 Å². The van der Waals surface area contributed by atoms with E-state index in [9.17, 15) is 9.90 Å². The van der Waals surface area contributed by atoms with E-state index in [-0.39, 0.29) is 0 Å². The summed E-state index contributed by atoms with van der Waals surface area (Å²) < 4.78 is 0. The van der Waals surface area contributed by atoms with E-state index in [1.54, 1.807) is 12.1 Å². The molecule has 0 fully saturated rings. The van der Waals surface area contributed by atoms with Crippen molar-refractivity contribution in [3.63, 3.8) is 0 Å². The van der Waals surface area contributed by atoms with Crippen LogP contribution in [0.15, 0.2) is 54.6 Å². The van der Waals surface area contributed by atoms with Crippen molar-refractivity contribution >= 4 is 5.97 Å². The molecule has 0 unspecified atom stereocenters. The Balaban J connectivity index is 2.15. The smallest absolute Gasteiger partial charge is 0.336 e. The van der Waals surface area contributed by atoms with Crippen LogP contribution in [-0.4, -0.2) is 28.6 Å². The van der Waals surface area contributed by atoms with E-state index in [0.717, 1.165) is 17.5 Å². The molecule has 1 atom stereocenters. The van der Waals surface area contributed by atoms with Crippen molar-refractivity contribution in [3.05, 3.63) is 71.3 Å². The van der Waals surface area contributed by atoms with Gasteiger partial charge in [0.05, 0.1) is 12.1 Å². The Morgan fingerprint density at radius 3 is 2.46 bits per heavy atom. The SMILES string of the molecule is CC[C@@H](C)N(CC#Cc1ccccc1)Cc1ccccc1C(=O)O. The van der Waals surface area contributed by atoms with Gasteiger partial charge in [-0.05, 0) is 37.1 Å². The molecule has 124 valence electrons. The fourth-order valence-corrected chi connectivity index (χ4v) is 2.48. The molecule has 0 aliphatic heterocycles. The van der Waals surface area contributed by atoms with E-state index in [1.165, 1.54) is 0 Å². The molecule has 3 heteroatoms. The predicted molar refractivity (Wildman–Crippen MR) is 96.9 cm³/mol. The van der Waals surface area contributed by atoms with Gasteiger partial charge in [-0.1, -0.05) is 55.2 Å². The molecular formula is C21H23NO2. The van der Waals surface area contributed by atoms with Gasteiger partial charge in [0, 0.05) is 18.2 Å². The highest BCUT2D eigenvalue weighted by atomic mass is 16.4. The summed E-state index contributed by atoms with van der Waals surface area (Å²) in [6.45, 7) is 5.47. The van der Waals surface area contributed by atoms with Crippen molar-refractivity contribution in [2.24, 2.45) is 0 Å². The summed E-state index contributed by atoms with van der Waals surface area (Å²) in [6, 6.07) is 17.4. The Morgan fingerprint density at radius 1 is 1.12 bits per heavy atom. The lowest BCUT2D eigenvalue weighted by atomic mass is 10.1. The van der Waals surface area contributed by atoms with Gasteiger partial charge in [0.2, 0.25) is 0 Å². The molecule has 0 heterocycles. The normalized spacial score (nSPS) is 11.6. The van der Waals surface area contributed by atoms with Crippen LogP contribution in [0.1, 0.15) is 41.8 Å². The minimum atomic E-state index is -0.884. The summed E-state index contributed by atoms with van der Waals surface area (Å²) in [6.07, 6.45) is 0.988. The number of hydrogen-bond acceptors (Lipinski definition) is 2. The molecule has 0 amide bonds. The molecule has 0 saturated heterocycles. The first-order valence-corrected chi connectivity index (χ1v) is 8.21. The fraction of sp³-hybridized carbons (Fsp3) is 0.286. The van der Waals surface area contributed by atoms with E-state index in [1.807, 2.05) is 42.5 Å². The van der Waals surface area contributed by atoms with Gasteiger partial charge in [-0.25, -0.2) is 4.79 Å². The zero-order valence-corrected chi connectivity index (χ0v) is 14.2. The van der Waals surface area contributed by atoms with Gasteiger partial charge in [0.1, 0.15) is 0 Å². The van der Waals surface area contributed by atoms with E-state index in [4.69, 9.17) is 0 Å². The minimum absolute atomic E-state index is 0.330. The standard InChI is InChI=1S/C21H23NO2/c1-3-17(2)22(15-9-12-18-10-5-4-6-11-18)16-19-13-7-8-14-20(19)21(23)24/h4-8,10-11,13-14,17H,3,15-16H2,1-2H3,(H,23,24)/t17-/m1/s1.